The summed E-state index contributed by atoms with van der Waals surface area (Å²) in [4.78, 5) is 41.3. The Morgan fingerprint density at radius 1 is 1.00 bits per heavy atom. The summed E-state index contributed by atoms with van der Waals surface area (Å²) < 4.78 is 39.1. The number of benzene rings is 1. The first-order valence-corrected chi connectivity index (χ1v) is 10.8. The van der Waals surface area contributed by atoms with E-state index in [1.807, 2.05) is 0 Å². The molecule has 3 aromatic heterocycles. The molecule has 2 amide bonds. The largest absolute Gasteiger partial charge is 0.418 e. The van der Waals surface area contributed by atoms with Crippen molar-refractivity contribution in [1.82, 2.24) is 25.3 Å². The normalized spacial score (nSPS) is 11.2. The number of carbonyl (C=O) groups excluding carboxylic acids is 2. The number of amides is 2. The molecule has 0 unspecified atom stereocenters. The molecule has 0 saturated carbocycles. The van der Waals surface area contributed by atoms with Gasteiger partial charge in [-0.25, -0.2) is 15.0 Å². The maximum atomic E-state index is 13.0. The van der Waals surface area contributed by atoms with Crippen molar-refractivity contribution in [2.45, 2.75) is 12.7 Å². The van der Waals surface area contributed by atoms with Crippen molar-refractivity contribution >= 4 is 34.5 Å². The molecule has 0 radical (unpaired) electrons. The Hall–Kier alpha value is -4.39. The number of rotatable bonds is 6. The van der Waals surface area contributed by atoms with Crippen LogP contribution in [0.3, 0.4) is 0 Å². The molecular weight excluding hydrogens is 483 g/mol. The number of hydrogen-bond acceptors (Lipinski definition) is 8. The Bertz CT molecular complexity index is 1380. The van der Waals surface area contributed by atoms with Crippen LogP contribution in [0.25, 0.3) is 11.3 Å². The zero-order chi connectivity index (χ0) is 25.0. The van der Waals surface area contributed by atoms with Gasteiger partial charge in [-0.3, -0.25) is 14.6 Å². The lowest BCUT2D eigenvalue weighted by atomic mass is 10.1. The second kappa shape index (κ2) is 9.85. The van der Waals surface area contributed by atoms with Crippen LogP contribution in [-0.2, 0) is 12.7 Å². The number of carbonyl (C=O) groups is 2. The van der Waals surface area contributed by atoms with Gasteiger partial charge in [0.25, 0.3) is 11.8 Å². The number of thiazole rings is 1. The number of pyridine rings is 1. The predicted octanol–water partition coefficient (Wildman–Crippen LogP) is 3.78. The minimum atomic E-state index is -4.65. The number of nitrogens with two attached hydrogens (primary N) is 1. The van der Waals surface area contributed by atoms with E-state index in [-0.39, 0.29) is 22.8 Å². The van der Waals surface area contributed by atoms with Crippen LogP contribution < -0.4 is 16.4 Å². The number of anilines is 2. The van der Waals surface area contributed by atoms with Gasteiger partial charge in [-0.2, -0.15) is 13.2 Å². The molecule has 0 aliphatic rings. The molecule has 4 N–H and O–H groups in total. The van der Waals surface area contributed by atoms with E-state index >= 15 is 0 Å². The fourth-order valence-electron chi connectivity index (χ4n) is 2.98. The van der Waals surface area contributed by atoms with Crippen LogP contribution in [0.4, 0.5) is 24.5 Å². The number of nitrogens with one attached hydrogen (secondary N) is 2. The van der Waals surface area contributed by atoms with Crippen LogP contribution in [0, 0.1) is 0 Å². The van der Waals surface area contributed by atoms with E-state index in [2.05, 4.69) is 30.6 Å². The number of aromatic nitrogens is 4. The fourth-order valence-corrected chi connectivity index (χ4v) is 3.73. The molecule has 4 aromatic rings. The lowest BCUT2D eigenvalue weighted by molar-refractivity contribution is -0.136. The molecule has 3 heterocycles. The maximum Gasteiger partial charge on any atom is 0.418 e. The van der Waals surface area contributed by atoms with Crippen LogP contribution in [0.5, 0.6) is 0 Å². The van der Waals surface area contributed by atoms with Crippen LogP contribution in [0.15, 0.2) is 61.3 Å². The summed E-state index contributed by atoms with van der Waals surface area (Å²) in [5, 5.41) is 5.47. The molecule has 4 rings (SSSR count). The quantitative estimate of drug-likeness (QED) is 0.344. The van der Waals surface area contributed by atoms with Gasteiger partial charge < -0.3 is 16.4 Å². The molecule has 0 spiro atoms. The van der Waals surface area contributed by atoms with E-state index in [0.29, 0.717) is 10.7 Å². The van der Waals surface area contributed by atoms with Crippen LogP contribution >= 0.6 is 11.3 Å². The average molecular weight is 499 g/mol. The van der Waals surface area contributed by atoms with Gasteiger partial charge in [-0.1, -0.05) is 0 Å². The zero-order valence-electron chi connectivity index (χ0n) is 17.7. The predicted molar refractivity (Wildman–Crippen MR) is 122 cm³/mol. The SMILES string of the molecule is Nc1ccc(NC(=O)c2cnc(CNC(=O)c3cc(-c4ccncc4)ncn3)s2)cc1C(F)(F)F. The van der Waals surface area contributed by atoms with Crippen molar-refractivity contribution in [2.24, 2.45) is 0 Å². The monoisotopic (exact) mass is 499 g/mol. The first-order valence-electron chi connectivity index (χ1n) is 9.94. The van der Waals surface area contributed by atoms with Gasteiger partial charge in [0.15, 0.2) is 0 Å². The van der Waals surface area contributed by atoms with E-state index < -0.39 is 29.2 Å². The third-order valence-corrected chi connectivity index (χ3v) is 5.67. The number of halogens is 3. The maximum absolute atomic E-state index is 13.0. The van der Waals surface area contributed by atoms with Crippen molar-refractivity contribution in [3.8, 4) is 11.3 Å². The number of nitrogen functional groups attached to an aromatic ring is 1. The Balaban J connectivity index is 1.38. The minimum Gasteiger partial charge on any atom is -0.398 e. The summed E-state index contributed by atoms with van der Waals surface area (Å²) in [6.07, 6.45) is 1.11. The molecule has 35 heavy (non-hydrogen) atoms. The third kappa shape index (κ3) is 5.76. The van der Waals surface area contributed by atoms with Gasteiger partial charge in [0, 0.05) is 29.3 Å². The fraction of sp³-hybridized carbons (Fsp3) is 0.0909. The van der Waals surface area contributed by atoms with E-state index in [4.69, 9.17) is 5.73 Å². The third-order valence-electron chi connectivity index (χ3n) is 4.67. The first-order chi connectivity index (χ1) is 16.7. The van der Waals surface area contributed by atoms with Gasteiger partial charge in [0.1, 0.15) is 21.9 Å². The summed E-state index contributed by atoms with van der Waals surface area (Å²) in [6, 6.07) is 8.14. The first kappa shape index (κ1) is 23.8. The molecule has 0 aliphatic heterocycles. The van der Waals surface area contributed by atoms with E-state index in [1.54, 1.807) is 24.5 Å². The van der Waals surface area contributed by atoms with Gasteiger partial charge in [0.2, 0.25) is 0 Å². The highest BCUT2D eigenvalue weighted by Gasteiger charge is 2.33. The molecule has 0 bridgehead atoms. The Labute approximate surface area is 200 Å². The van der Waals surface area contributed by atoms with Gasteiger partial charge >= 0.3 is 6.18 Å². The van der Waals surface area contributed by atoms with Crippen molar-refractivity contribution in [3.63, 3.8) is 0 Å². The standard InChI is InChI=1S/C22H16F3N7O2S/c23-22(24,25)14-7-13(1-2-15(14)26)32-21(34)18-9-28-19(35-18)10-29-20(33)17-8-16(30-11-31-17)12-3-5-27-6-4-12/h1-9,11H,10,26H2,(H,29,33)(H,32,34). The van der Waals surface area contributed by atoms with Crippen LogP contribution in [0.2, 0.25) is 0 Å². The Morgan fingerprint density at radius 3 is 2.51 bits per heavy atom. The second-order valence-corrected chi connectivity index (χ2v) is 8.19. The lowest BCUT2D eigenvalue weighted by Crippen LogP contribution is -2.23. The summed E-state index contributed by atoms with van der Waals surface area (Å²) in [5.74, 6) is -1.11. The smallest absolute Gasteiger partial charge is 0.398 e. The summed E-state index contributed by atoms with van der Waals surface area (Å²) in [7, 11) is 0. The molecule has 9 nitrogen and oxygen atoms in total. The molecule has 0 fully saturated rings. The molecule has 178 valence electrons. The molecule has 13 heteroatoms. The molecule has 0 atom stereocenters. The summed E-state index contributed by atoms with van der Waals surface area (Å²) in [6.45, 7) is 0.0193. The lowest BCUT2D eigenvalue weighted by Gasteiger charge is -2.12. The van der Waals surface area contributed by atoms with Crippen molar-refractivity contribution in [3.05, 3.63) is 82.5 Å². The number of nitrogens with zero attached hydrogens (tertiary/aromatic N) is 4. The highest BCUT2D eigenvalue weighted by atomic mass is 32.1. The van der Waals surface area contributed by atoms with Crippen molar-refractivity contribution in [2.75, 3.05) is 11.1 Å². The number of alkyl halides is 3. The highest BCUT2D eigenvalue weighted by molar-refractivity contribution is 7.13. The molecule has 0 saturated heterocycles. The van der Waals surface area contributed by atoms with Crippen LogP contribution in [-0.4, -0.2) is 31.8 Å². The topological polar surface area (TPSA) is 136 Å². The summed E-state index contributed by atoms with van der Waals surface area (Å²) in [5.41, 5.74) is 5.30. The van der Waals surface area contributed by atoms with Gasteiger partial charge in [-0.15, -0.1) is 11.3 Å². The number of hydrogen-bond donors (Lipinski definition) is 3. The highest BCUT2D eigenvalue weighted by Crippen LogP contribution is 2.35. The van der Waals surface area contributed by atoms with Gasteiger partial charge in [-0.05, 0) is 36.4 Å². The molecule has 0 aliphatic carbocycles. The van der Waals surface area contributed by atoms with Crippen molar-refractivity contribution in [1.29, 1.82) is 0 Å². The van der Waals surface area contributed by atoms with E-state index in [0.717, 1.165) is 29.0 Å². The van der Waals surface area contributed by atoms with Crippen LogP contribution in [0.1, 0.15) is 30.7 Å². The zero-order valence-corrected chi connectivity index (χ0v) is 18.5. The van der Waals surface area contributed by atoms with E-state index in [9.17, 15) is 22.8 Å². The van der Waals surface area contributed by atoms with Crippen molar-refractivity contribution < 1.29 is 22.8 Å². The second-order valence-electron chi connectivity index (χ2n) is 7.08. The van der Waals surface area contributed by atoms with Gasteiger partial charge in [0.05, 0.1) is 24.0 Å². The average Bonchev–Trinajstić information content (AvgIpc) is 3.33. The van der Waals surface area contributed by atoms with E-state index in [1.165, 1.54) is 24.7 Å². The molecular formula is C22H16F3N7O2S. The Morgan fingerprint density at radius 2 is 1.77 bits per heavy atom. The minimum absolute atomic E-state index is 0.0193. The summed E-state index contributed by atoms with van der Waals surface area (Å²) >= 11 is 0.986. The Kier molecular flexibility index (Phi) is 6.68. The molecule has 1 aromatic carbocycles.